The van der Waals surface area contributed by atoms with Gasteiger partial charge in [-0.05, 0) is 24.1 Å². The lowest BCUT2D eigenvalue weighted by atomic mass is 10.1. The molecule has 1 rings (SSSR count). The van der Waals surface area contributed by atoms with E-state index in [0.717, 1.165) is 5.56 Å². The molecule has 0 aliphatic carbocycles. The van der Waals surface area contributed by atoms with Crippen molar-refractivity contribution in [3.05, 3.63) is 29.8 Å². The Morgan fingerprint density at radius 2 is 1.71 bits per heavy atom. The quantitative estimate of drug-likeness (QED) is 0.482. The molecule has 0 heterocycles. The van der Waals surface area contributed by atoms with Crippen LogP contribution >= 0.6 is 8.25 Å². The van der Waals surface area contributed by atoms with Crippen LogP contribution in [0.15, 0.2) is 24.3 Å². The fourth-order valence-electron chi connectivity index (χ4n) is 0.973. The van der Waals surface area contributed by atoms with Gasteiger partial charge in [0.05, 0.1) is 0 Å². The van der Waals surface area contributed by atoms with E-state index in [9.17, 15) is 4.79 Å². The molecule has 0 saturated heterocycles. The van der Waals surface area contributed by atoms with E-state index in [1.807, 2.05) is 0 Å². The minimum atomic E-state index is -2.87. The van der Waals surface area contributed by atoms with Gasteiger partial charge in [-0.25, -0.2) is 0 Å². The number of phenolic OH excluding ortho intramolecular Hbond substituents is 1. The smallest absolute Gasteiger partial charge is 0.508 e. The van der Waals surface area contributed by atoms with Crippen LogP contribution in [0.1, 0.15) is 5.56 Å². The molecule has 1 aromatic rings. The molecule has 0 spiro atoms. The molecular weight excluding hydrogens is 249 g/mol. The molecule has 0 aliphatic heterocycles. The van der Waals surface area contributed by atoms with Crippen molar-refractivity contribution in [3.63, 3.8) is 0 Å². The van der Waals surface area contributed by atoms with Crippen LogP contribution in [0.25, 0.3) is 0 Å². The van der Waals surface area contributed by atoms with Crippen LogP contribution in [0, 0.1) is 0 Å². The highest BCUT2D eigenvalue weighted by Crippen LogP contribution is 2.10. The summed E-state index contributed by atoms with van der Waals surface area (Å²) in [5.74, 6) is -0.860. The van der Waals surface area contributed by atoms with E-state index in [1.54, 1.807) is 12.1 Å². The van der Waals surface area contributed by atoms with Crippen LogP contribution in [-0.2, 0) is 15.8 Å². The first-order chi connectivity index (χ1) is 7.82. The largest absolute Gasteiger partial charge is 0.692 e. The Kier molecular flexibility index (Phi) is 7.00. The average Bonchev–Trinajstić information content (AvgIpc) is 2.20. The van der Waals surface area contributed by atoms with Gasteiger partial charge in [0, 0.05) is 4.57 Å². The number of aromatic hydroxyl groups is 1. The summed E-state index contributed by atoms with van der Waals surface area (Å²) >= 11 is 0. The van der Waals surface area contributed by atoms with Gasteiger partial charge in [-0.2, -0.15) is 0 Å². The third kappa shape index (κ3) is 8.29. The van der Waals surface area contributed by atoms with Crippen LogP contribution in [0.2, 0.25) is 0 Å². The number of nitrogens with two attached hydrogens (primary N) is 1. The topological polar surface area (TPSA) is 141 Å². The Morgan fingerprint density at radius 3 is 2.06 bits per heavy atom. The van der Waals surface area contributed by atoms with E-state index >= 15 is 0 Å². The molecular formula is C9H13NO6P+. The van der Waals surface area contributed by atoms with Gasteiger partial charge in [0.1, 0.15) is 11.8 Å². The van der Waals surface area contributed by atoms with Gasteiger partial charge in [0.2, 0.25) is 0 Å². The maximum atomic E-state index is 10.4. The number of phenols is 1. The van der Waals surface area contributed by atoms with Crippen molar-refractivity contribution in [3.8, 4) is 5.75 Å². The van der Waals surface area contributed by atoms with E-state index in [0.29, 0.717) is 0 Å². The summed E-state index contributed by atoms with van der Waals surface area (Å²) in [5.41, 5.74) is 6.12. The molecule has 0 fully saturated rings. The normalized spacial score (nSPS) is 11.0. The highest BCUT2D eigenvalue weighted by Gasteiger charge is 2.11. The van der Waals surface area contributed by atoms with Crippen molar-refractivity contribution >= 4 is 14.2 Å². The average molecular weight is 262 g/mol. The van der Waals surface area contributed by atoms with Gasteiger partial charge < -0.3 is 15.9 Å². The maximum Gasteiger partial charge on any atom is 0.692 e. The van der Waals surface area contributed by atoms with Crippen LogP contribution < -0.4 is 5.73 Å². The van der Waals surface area contributed by atoms with E-state index in [2.05, 4.69) is 0 Å². The number of benzene rings is 1. The Balaban J connectivity index is 0.000000557. The molecule has 0 aromatic heterocycles. The number of carbonyl (C=O) groups is 1. The van der Waals surface area contributed by atoms with Gasteiger partial charge in [0.15, 0.2) is 0 Å². The Hall–Kier alpha value is -1.53. The summed E-state index contributed by atoms with van der Waals surface area (Å²) < 4.78 is 8.70. The molecule has 0 aliphatic rings. The first-order valence-electron chi connectivity index (χ1n) is 4.44. The summed E-state index contributed by atoms with van der Waals surface area (Å²) in [6, 6.07) is 5.42. The van der Waals surface area contributed by atoms with E-state index in [-0.39, 0.29) is 12.2 Å². The van der Waals surface area contributed by atoms with Crippen molar-refractivity contribution < 1.29 is 29.4 Å². The molecule has 0 bridgehead atoms. The van der Waals surface area contributed by atoms with Gasteiger partial charge >= 0.3 is 14.2 Å². The fraction of sp³-hybridized carbons (Fsp3) is 0.222. The molecule has 0 amide bonds. The van der Waals surface area contributed by atoms with Gasteiger partial charge in [-0.3, -0.25) is 4.79 Å². The molecule has 6 N–H and O–H groups in total. The van der Waals surface area contributed by atoms with Crippen molar-refractivity contribution in [1.82, 2.24) is 0 Å². The number of hydrogen-bond acceptors (Lipinski definition) is 4. The van der Waals surface area contributed by atoms with Crippen LogP contribution in [-0.4, -0.2) is 32.0 Å². The summed E-state index contributed by atoms with van der Waals surface area (Å²) in [6.45, 7) is 0. The monoisotopic (exact) mass is 262 g/mol. The number of carboxylic acid groups (broad SMARTS) is 1. The third-order valence-electron chi connectivity index (χ3n) is 1.71. The van der Waals surface area contributed by atoms with Gasteiger partial charge in [-0.15, -0.1) is 9.79 Å². The molecule has 7 nitrogen and oxygen atoms in total. The minimum Gasteiger partial charge on any atom is -0.508 e. The molecule has 0 unspecified atom stereocenters. The van der Waals surface area contributed by atoms with E-state index in [1.165, 1.54) is 12.1 Å². The highest BCUT2D eigenvalue weighted by molar-refractivity contribution is 7.30. The van der Waals surface area contributed by atoms with Crippen LogP contribution in [0.3, 0.4) is 0 Å². The molecule has 0 radical (unpaired) electrons. The predicted molar refractivity (Wildman–Crippen MR) is 59.5 cm³/mol. The van der Waals surface area contributed by atoms with Crippen molar-refractivity contribution in [1.29, 1.82) is 0 Å². The van der Waals surface area contributed by atoms with Crippen LogP contribution in [0.4, 0.5) is 0 Å². The third-order valence-corrected chi connectivity index (χ3v) is 1.71. The second-order valence-electron chi connectivity index (χ2n) is 3.07. The summed E-state index contributed by atoms with van der Waals surface area (Å²) in [5, 5.41) is 17.5. The summed E-state index contributed by atoms with van der Waals surface area (Å²) in [4.78, 5) is 24.6. The van der Waals surface area contributed by atoms with E-state index < -0.39 is 20.3 Å². The van der Waals surface area contributed by atoms with Crippen molar-refractivity contribution in [2.24, 2.45) is 5.73 Å². The first-order valence-corrected chi connectivity index (χ1v) is 5.60. The number of carboxylic acids is 1. The number of aliphatic carboxylic acids is 1. The molecule has 94 valence electrons. The standard InChI is InChI=1S/C9H11NO3.HO3P/c10-8(9(12)13)5-6-1-3-7(11)4-2-6;1-4(2)3/h1-4,8,11H,5,10H2,(H,12,13);(H-,1,2,3)/p+1/t8-;/m0./s1. The van der Waals surface area contributed by atoms with Crippen molar-refractivity contribution in [2.45, 2.75) is 12.5 Å². The Morgan fingerprint density at radius 1 is 1.29 bits per heavy atom. The lowest BCUT2D eigenvalue weighted by Gasteiger charge is -2.05. The van der Waals surface area contributed by atoms with Gasteiger partial charge in [-0.1, -0.05) is 12.1 Å². The van der Waals surface area contributed by atoms with Crippen molar-refractivity contribution in [2.75, 3.05) is 0 Å². The van der Waals surface area contributed by atoms with E-state index in [4.69, 9.17) is 30.3 Å². The molecule has 8 heteroatoms. The Bertz CT molecular complexity index is 376. The number of hydrogen-bond donors (Lipinski definition) is 5. The Labute approximate surface area is 98.1 Å². The first kappa shape index (κ1) is 15.5. The zero-order valence-corrected chi connectivity index (χ0v) is 9.62. The molecule has 17 heavy (non-hydrogen) atoms. The fourth-order valence-corrected chi connectivity index (χ4v) is 0.973. The molecule has 1 atom stereocenters. The molecule has 1 aromatic carbocycles. The molecule has 0 saturated carbocycles. The highest BCUT2D eigenvalue weighted by atomic mass is 31.1. The zero-order valence-electron chi connectivity index (χ0n) is 8.72. The summed E-state index contributed by atoms with van der Waals surface area (Å²) in [7, 11) is -2.87. The number of rotatable bonds is 3. The van der Waals surface area contributed by atoms with Crippen LogP contribution in [0.5, 0.6) is 5.75 Å². The predicted octanol–water partition coefficient (Wildman–Crippen LogP) is -0.0250. The summed E-state index contributed by atoms with van der Waals surface area (Å²) in [6.07, 6.45) is 0.273. The SMILES string of the molecule is N[C@@H](Cc1ccc(O)cc1)C(=O)O.O=[P+](O)O. The minimum absolute atomic E-state index is 0.160. The zero-order chi connectivity index (χ0) is 13.4. The van der Waals surface area contributed by atoms with Gasteiger partial charge in [0.25, 0.3) is 0 Å². The second-order valence-corrected chi connectivity index (χ2v) is 3.57. The maximum absolute atomic E-state index is 10.4. The second kappa shape index (κ2) is 7.70. The lowest BCUT2D eigenvalue weighted by Crippen LogP contribution is -2.32. The lowest BCUT2D eigenvalue weighted by molar-refractivity contribution is -0.138.